The van der Waals surface area contributed by atoms with Gasteiger partial charge in [-0.05, 0) is 27.7 Å². The quantitative estimate of drug-likeness (QED) is 0.469. The molecule has 0 unspecified atom stereocenters. The zero-order valence-corrected chi connectivity index (χ0v) is 7.93. The number of ether oxygens (including phenoxy) is 2. The lowest BCUT2D eigenvalue weighted by Gasteiger charge is -2.17. The fourth-order valence-corrected chi connectivity index (χ4v) is 0.682. The van der Waals surface area contributed by atoms with E-state index in [1.165, 1.54) is 0 Å². The maximum absolute atomic E-state index is 10.8. The van der Waals surface area contributed by atoms with Crippen molar-refractivity contribution in [3.8, 4) is 11.8 Å². The summed E-state index contributed by atoms with van der Waals surface area (Å²) in [6.45, 7) is 7.14. The van der Waals surface area contributed by atoms with Crippen LogP contribution in [0.25, 0.3) is 0 Å². The molecule has 0 rings (SSSR count). The van der Waals surface area contributed by atoms with Crippen LogP contribution in [0.1, 0.15) is 27.7 Å². The minimum absolute atomic E-state index is 0.314. The zero-order chi connectivity index (χ0) is 9.61. The van der Waals surface area contributed by atoms with Crippen LogP contribution in [-0.2, 0) is 9.47 Å². The first-order valence-corrected chi connectivity index (χ1v) is 3.81. The molecule has 0 aromatic rings. The minimum atomic E-state index is -0.763. The summed E-state index contributed by atoms with van der Waals surface area (Å²) in [5.74, 6) is 5.41. The molecule has 0 aromatic carbocycles. The highest BCUT2D eigenvalue weighted by Gasteiger charge is 2.20. The molecule has 0 spiro atoms. The summed E-state index contributed by atoms with van der Waals surface area (Å²) in [5.41, 5.74) is -0.763. The van der Waals surface area contributed by atoms with Gasteiger partial charge in [0.05, 0.1) is 6.61 Å². The van der Waals surface area contributed by atoms with Crippen LogP contribution in [-0.4, -0.2) is 18.4 Å². The van der Waals surface area contributed by atoms with Crippen molar-refractivity contribution in [1.82, 2.24) is 0 Å². The van der Waals surface area contributed by atoms with Crippen LogP contribution in [0, 0.1) is 11.8 Å². The molecule has 0 saturated carbocycles. The van der Waals surface area contributed by atoms with Crippen molar-refractivity contribution in [1.29, 1.82) is 0 Å². The Balaban J connectivity index is 4.02. The molecule has 0 radical (unpaired) electrons. The second-order valence-corrected chi connectivity index (χ2v) is 2.67. The van der Waals surface area contributed by atoms with Crippen LogP contribution in [0.5, 0.6) is 0 Å². The highest BCUT2D eigenvalue weighted by Crippen LogP contribution is 2.08. The fourth-order valence-electron chi connectivity index (χ4n) is 0.682. The van der Waals surface area contributed by atoms with Gasteiger partial charge in [-0.15, -0.1) is 5.92 Å². The summed E-state index contributed by atoms with van der Waals surface area (Å²) in [5, 5.41) is 0. The van der Waals surface area contributed by atoms with Gasteiger partial charge >= 0.3 is 6.16 Å². The van der Waals surface area contributed by atoms with Gasteiger partial charge in [-0.3, -0.25) is 0 Å². The first kappa shape index (κ1) is 10.8. The Morgan fingerprint density at radius 3 is 2.50 bits per heavy atom. The molecule has 0 amide bonds. The van der Waals surface area contributed by atoms with Gasteiger partial charge in [-0.1, -0.05) is 5.92 Å². The molecule has 0 aromatic heterocycles. The topological polar surface area (TPSA) is 35.5 Å². The molecule has 0 aliphatic carbocycles. The van der Waals surface area contributed by atoms with Crippen molar-refractivity contribution in [2.24, 2.45) is 0 Å². The van der Waals surface area contributed by atoms with E-state index in [4.69, 9.17) is 4.74 Å². The molecule has 0 bridgehead atoms. The van der Waals surface area contributed by atoms with Gasteiger partial charge in [0, 0.05) is 0 Å². The van der Waals surface area contributed by atoms with Gasteiger partial charge < -0.3 is 9.47 Å². The summed E-state index contributed by atoms with van der Waals surface area (Å²) in [6, 6.07) is 0. The maximum Gasteiger partial charge on any atom is 0.509 e. The number of rotatable bonds is 2. The van der Waals surface area contributed by atoms with Crippen molar-refractivity contribution in [2.45, 2.75) is 33.3 Å². The molecule has 0 fully saturated rings. The Morgan fingerprint density at radius 2 is 2.08 bits per heavy atom. The second-order valence-electron chi connectivity index (χ2n) is 2.67. The highest BCUT2D eigenvalue weighted by molar-refractivity contribution is 5.61. The van der Waals surface area contributed by atoms with E-state index >= 15 is 0 Å². The molecule has 0 aliphatic rings. The number of carbonyl (C=O) groups is 1. The largest absolute Gasteiger partial charge is 0.509 e. The monoisotopic (exact) mass is 170 g/mol. The molecule has 3 nitrogen and oxygen atoms in total. The van der Waals surface area contributed by atoms with Gasteiger partial charge in [-0.25, -0.2) is 4.79 Å². The third kappa shape index (κ3) is 4.62. The van der Waals surface area contributed by atoms with E-state index in [0.717, 1.165) is 0 Å². The summed E-state index contributed by atoms with van der Waals surface area (Å²) < 4.78 is 9.48. The van der Waals surface area contributed by atoms with E-state index in [1.807, 2.05) is 0 Å². The van der Waals surface area contributed by atoms with E-state index in [-0.39, 0.29) is 0 Å². The van der Waals surface area contributed by atoms with E-state index in [9.17, 15) is 4.79 Å². The standard InChI is InChI=1S/C9H14O3/c1-5-7-9(3,4)12-8(10)11-6-2/h6H2,1-4H3. The number of hydrogen-bond acceptors (Lipinski definition) is 3. The summed E-state index contributed by atoms with van der Waals surface area (Å²) in [6.07, 6.45) is -0.676. The van der Waals surface area contributed by atoms with Crippen LogP contribution >= 0.6 is 0 Å². The van der Waals surface area contributed by atoms with E-state index in [0.29, 0.717) is 6.61 Å². The summed E-state index contributed by atoms with van der Waals surface area (Å²) >= 11 is 0. The van der Waals surface area contributed by atoms with Crippen LogP contribution < -0.4 is 0 Å². The first-order chi connectivity index (χ1) is 5.52. The van der Waals surface area contributed by atoms with Gasteiger partial charge in [-0.2, -0.15) is 0 Å². The van der Waals surface area contributed by atoms with Crippen molar-refractivity contribution in [3.05, 3.63) is 0 Å². The zero-order valence-electron chi connectivity index (χ0n) is 7.93. The van der Waals surface area contributed by atoms with Crippen molar-refractivity contribution in [3.63, 3.8) is 0 Å². The molecule has 68 valence electrons. The third-order valence-electron chi connectivity index (χ3n) is 1.03. The Bertz CT molecular complexity index is 208. The molecule has 0 aliphatic heterocycles. The lowest BCUT2D eigenvalue weighted by molar-refractivity contribution is 0.0125. The van der Waals surface area contributed by atoms with Crippen LogP contribution in [0.15, 0.2) is 0 Å². The number of carbonyl (C=O) groups excluding carboxylic acids is 1. The molecule has 0 heterocycles. The van der Waals surface area contributed by atoms with Gasteiger partial charge in [0.25, 0.3) is 0 Å². The van der Waals surface area contributed by atoms with Gasteiger partial charge in [0.1, 0.15) is 0 Å². The van der Waals surface area contributed by atoms with E-state index in [2.05, 4.69) is 16.6 Å². The van der Waals surface area contributed by atoms with Crippen LogP contribution in [0.3, 0.4) is 0 Å². The van der Waals surface area contributed by atoms with Crippen molar-refractivity contribution < 1.29 is 14.3 Å². The highest BCUT2D eigenvalue weighted by atomic mass is 16.7. The molecular weight excluding hydrogens is 156 g/mol. The van der Waals surface area contributed by atoms with Crippen LogP contribution in [0.4, 0.5) is 4.79 Å². The molecule has 0 saturated heterocycles. The van der Waals surface area contributed by atoms with E-state index < -0.39 is 11.8 Å². The fraction of sp³-hybridized carbons (Fsp3) is 0.667. The predicted octanol–water partition coefficient (Wildman–Crippen LogP) is 1.96. The average molecular weight is 170 g/mol. The third-order valence-corrected chi connectivity index (χ3v) is 1.03. The first-order valence-electron chi connectivity index (χ1n) is 3.81. The SMILES string of the molecule is CC#CC(C)(C)OC(=O)OCC. The van der Waals surface area contributed by atoms with Gasteiger partial charge in [0.2, 0.25) is 0 Å². The molecule has 3 heteroatoms. The van der Waals surface area contributed by atoms with Crippen LogP contribution in [0.2, 0.25) is 0 Å². The Morgan fingerprint density at radius 1 is 1.50 bits per heavy atom. The molecule has 0 atom stereocenters. The molecule has 12 heavy (non-hydrogen) atoms. The lowest BCUT2D eigenvalue weighted by atomic mass is 10.1. The summed E-state index contributed by atoms with van der Waals surface area (Å²) in [7, 11) is 0. The Labute approximate surface area is 73.0 Å². The lowest BCUT2D eigenvalue weighted by Crippen LogP contribution is -2.26. The smallest absolute Gasteiger partial charge is 0.435 e. The summed E-state index contributed by atoms with van der Waals surface area (Å²) in [4.78, 5) is 10.8. The average Bonchev–Trinajstić information content (AvgIpc) is 1.85. The van der Waals surface area contributed by atoms with Gasteiger partial charge in [0.15, 0.2) is 5.60 Å². The Kier molecular flexibility index (Phi) is 4.20. The van der Waals surface area contributed by atoms with Crippen molar-refractivity contribution >= 4 is 6.16 Å². The Hall–Kier alpha value is -1.17. The molecule has 0 N–H and O–H groups in total. The normalized spacial score (nSPS) is 9.67. The molecular formula is C9H14O3. The van der Waals surface area contributed by atoms with E-state index in [1.54, 1.807) is 27.7 Å². The number of hydrogen-bond donors (Lipinski definition) is 0. The maximum atomic E-state index is 10.8. The minimum Gasteiger partial charge on any atom is -0.435 e. The van der Waals surface area contributed by atoms with Crippen molar-refractivity contribution in [2.75, 3.05) is 6.61 Å². The predicted molar refractivity (Wildman–Crippen MR) is 45.6 cm³/mol. The second kappa shape index (κ2) is 4.66.